The van der Waals surface area contributed by atoms with Crippen LogP contribution in [-0.2, 0) is 43.2 Å². The summed E-state index contributed by atoms with van der Waals surface area (Å²) in [5, 5.41) is 15.8. The average Bonchev–Trinajstić information content (AvgIpc) is 2.96. The molecule has 0 aromatic rings. The minimum atomic E-state index is -1.24. The van der Waals surface area contributed by atoms with Crippen molar-refractivity contribution >= 4 is 53.2 Å². The maximum Gasteiger partial charge on any atom is 0.322 e. The molecule has 0 rings (SSSR count). The lowest BCUT2D eigenvalue weighted by Crippen LogP contribution is -2.48. The van der Waals surface area contributed by atoms with E-state index in [-0.39, 0.29) is 25.5 Å². The van der Waals surface area contributed by atoms with Crippen LogP contribution in [0.25, 0.3) is 0 Å². The first kappa shape index (κ1) is 40.8. The highest BCUT2D eigenvalue weighted by Gasteiger charge is 2.23. The highest BCUT2D eigenvalue weighted by Crippen LogP contribution is 1.96. The molecule has 0 radical (unpaired) electrons. The molecule has 0 unspecified atom stereocenters. The Morgan fingerprint density at radius 2 is 0.717 bits per heavy atom. The standard InChI is InChI=1S/C27H45N9O10/c1-18(2)28-9-21(39)33(5)14-25(43)35(7)16-23(41)31(3)12-19(37)29-10-22(40)34(6)15-26(44)36(8)17-24(42)32(4)13-20(38)30-11-27(45)46/h28H,1,9-17H2,2-8H3,(H,29,37)(H,30,38)(H,45,46). The number of likely N-dealkylation sites (N-methyl/N-ethyl adjacent to an activating group) is 6. The third-order valence-corrected chi connectivity index (χ3v) is 6.22. The number of aliphatic carboxylic acids is 1. The number of rotatable bonds is 19. The fourth-order valence-electron chi connectivity index (χ4n) is 3.21. The van der Waals surface area contributed by atoms with Gasteiger partial charge in [-0.3, -0.25) is 43.2 Å². The highest BCUT2D eigenvalue weighted by atomic mass is 16.4. The van der Waals surface area contributed by atoms with Crippen LogP contribution in [0, 0.1) is 0 Å². The van der Waals surface area contributed by atoms with Crippen LogP contribution >= 0.6 is 0 Å². The van der Waals surface area contributed by atoms with E-state index in [1.807, 2.05) is 0 Å². The molecular weight excluding hydrogens is 610 g/mol. The van der Waals surface area contributed by atoms with Gasteiger partial charge in [-0.15, -0.1) is 0 Å². The fourth-order valence-corrected chi connectivity index (χ4v) is 3.21. The van der Waals surface area contributed by atoms with Crippen LogP contribution in [0.4, 0.5) is 0 Å². The summed E-state index contributed by atoms with van der Waals surface area (Å²) < 4.78 is 0. The van der Waals surface area contributed by atoms with Gasteiger partial charge in [0.05, 0.1) is 52.4 Å². The Morgan fingerprint density at radius 1 is 0.457 bits per heavy atom. The number of nitrogens with one attached hydrogen (secondary N) is 3. The first-order chi connectivity index (χ1) is 21.2. The summed E-state index contributed by atoms with van der Waals surface area (Å²) in [6.45, 7) is 1.88. The topological polar surface area (TPSA) is 229 Å². The van der Waals surface area contributed by atoms with E-state index in [0.717, 1.165) is 24.5 Å². The van der Waals surface area contributed by atoms with Crippen molar-refractivity contribution in [2.24, 2.45) is 0 Å². The number of carboxylic acids is 1. The first-order valence-corrected chi connectivity index (χ1v) is 13.8. The third kappa shape index (κ3) is 16.6. The van der Waals surface area contributed by atoms with Gasteiger partial charge in [-0.05, 0) is 6.92 Å². The summed E-state index contributed by atoms with van der Waals surface area (Å²) in [7, 11) is 8.09. The number of amides is 8. The number of hydrogen-bond donors (Lipinski definition) is 4. The maximum absolute atomic E-state index is 12.5. The molecule has 0 aromatic heterocycles. The Hall–Kier alpha value is -5.23. The summed E-state index contributed by atoms with van der Waals surface area (Å²) in [6, 6.07) is 0. The molecule has 0 fully saturated rings. The van der Waals surface area contributed by atoms with E-state index in [1.165, 1.54) is 47.2 Å². The zero-order valence-corrected chi connectivity index (χ0v) is 27.4. The van der Waals surface area contributed by atoms with Crippen molar-refractivity contribution in [1.29, 1.82) is 0 Å². The number of nitrogens with zero attached hydrogens (tertiary/aromatic N) is 6. The molecular formula is C27H45N9O10. The second-order valence-electron chi connectivity index (χ2n) is 10.6. The Labute approximate surface area is 267 Å². The van der Waals surface area contributed by atoms with Gasteiger partial charge in [0.2, 0.25) is 47.3 Å². The molecule has 0 saturated carbocycles. The van der Waals surface area contributed by atoms with Gasteiger partial charge in [0, 0.05) is 48.0 Å². The SMILES string of the molecule is C=C(C)NCC(=O)N(C)CC(=O)N(C)CC(=O)N(C)CC(=O)NCC(=O)N(C)CC(=O)N(C)CC(=O)N(C)CC(=O)NCC(=O)O. The van der Waals surface area contributed by atoms with Gasteiger partial charge in [0.25, 0.3) is 0 Å². The molecule has 0 saturated heterocycles. The molecule has 0 spiro atoms. The van der Waals surface area contributed by atoms with Gasteiger partial charge in [-0.1, -0.05) is 6.58 Å². The molecule has 0 atom stereocenters. The Kier molecular flexibility index (Phi) is 17.7. The molecule has 19 heteroatoms. The van der Waals surface area contributed by atoms with Crippen LogP contribution in [-0.4, -0.2) is 189 Å². The normalized spacial score (nSPS) is 10.1. The zero-order chi connectivity index (χ0) is 35.7. The van der Waals surface area contributed by atoms with Gasteiger partial charge < -0.3 is 50.5 Å². The van der Waals surface area contributed by atoms with Gasteiger partial charge in [0.1, 0.15) is 6.54 Å². The van der Waals surface area contributed by atoms with E-state index >= 15 is 0 Å². The molecule has 0 aliphatic rings. The second kappa shape index (κ2) is 19.9. The van der Waals surface area contributed by atoms with Crippen molar-refractivity contribution in [3.8, 4) is 0 Å². The average molecular weight is 656 g/mol. The predicted molar refractivity (Wildman–Crippen MR) is 162 cm³/mol. The van der Waals surface area contributed by atoms with Gasteiger partial charge in [-0.25, -0.2) is 0 Å². The van der Waals surface area contributed by atoms with Crippen LogP contribution in [0.15, 0.2) is 12.3 Å². The molecule has 0 aromatic carbocycles. The van der Waals surface area contributed by atoms with Crippen LogP contribution < -0.4 is 16.0 Å². The number of allylic oxidation sites excluding steroid dienone is 1. The van der Waals surface area contributed by atoms with Crippen LogP contribution in [0.5, 0.6) is 0 Å². The highest BCUT2D eigenvalue weighted by molar-refractivity contribution is 5.93. The van der Waals surface area contributed by atoms with E-state index in [1.54, 1.807) is 6.92 Å². The van der Waals surface area contributed by atoms with Gasteiger partial charge >= 0.3 is 5.97 Å². The van der Waals surface area contributed by atoms with Gasteiger partial charge in [0.15, 0.2) is 0 Å². The summed E-state index contributed by atoms with van der Waals surface area (Å²) in [4.78, 5) is 115. The Balaban J connectivity index is 4.61. The number of carboxylic acid groups (broad SMARTS) is 1. The van der Waals surface area contributed by atoms with Crippen molar-refractivity contribution in [2.75, 3.05) is 101 Å². The predicted octanol–water partition coefficient (Wildman–Crippen LogP) is -4.82. The molecule has 258 valence electrons. The molecule has 0 aliphatic carbocycles. The lowest BCUT2D eigenvalue weighted by atomic mass is 10.3. The first-order valence-electron chi connectivity index (χ1n) is 13.8. The van der Waals surface area contributed by atoms with Crippen molar-refractivity contribution in [1.82, 2.24) is 45.3 Å². The molecule has 0 aliphatic heterocycles. The minimum Gasteiger partial charge on any atom is -0.480 e. The smallest absolute Gasteiger partial charge is 0.322 e. The van der Waals surface area contributed by atoms with E-state index in [0.29, 0.717) is 5.70 Å². The quantitative estimate of drug-likeness (QED) is 0.103. The van der Waals surface area contributed by atoms with E-state index in [2.05, 4.69) is 22.5 Å². The Bertz CT molecular complexity index is 1190. The number of carbonyl (C=O) groups excluding carboxylic acids is 8. The molecule has 8 amide bonds. The van der Waals surface area contributed by atoms with Crippen LogP contribution in [0.1, 0.15) is 6.92 Å². The number of carbonyl (C=O) groups is 9. The van der Waals surface area contributed by atoms with Crippen LogP contribution in [0.2, 0.25) is 0 Å². The summed E-state index contributed by atoms with van der Waals surface area (Å²) >= 11 is 0. The summed E-state index contributed by atoms with van der Waals surface area (Å²) in [6.07, 6.45) is 0. The van der Waals surface area contributed by atoms with Crippen LogP contribution in [0.3, 0.4) is 0 Å². The maximum atomic E-state index is 12.5. The van der Waals surface area contributed by atoms with Crippen molar-refractivity contribution in [2.45, 2.75) is 6.92 Å². The fraction of sp³-hybridized carbons (Fsp3) is 0.593. The van der Waals surface area contributed by atoms with Crippen molar-refractivity contribution in [3.05, 3.63) is 12.3 Å². The summed E-state index contributed by atoms with van der Waals surface area (Å²) in [5.74, 6) is -5.88. The summed E-state index contributed by atoms with van der Waals surface area (Å²) in [5.41, 5.74) is 0.594. The molecule has 0 heterocycles. The van der Waals surface area contributed by atoms with E-state index < -0.39 is 86.6 Å². The van der Waals surface area contributed by atoms with Crippen molar-refractivity contribution < 1.29 is 48.3 Å². The lowest BCUT2D eigenvalue weighted by Gasteiger charge is -2.25. The Morgan fingerprint density at radius 3 is 1.02 bits per heavy atom. The van der Waals surface area contributed by atoms with E-state index in [4.69, 9.17) is 5.11 Å². The molecule has 46 heavy (non-hydrogen) atoms. The number of hydrogen-bond acceptors (Lipinski definition) is 10. The molecule has 4 N–H and O–H groups in total. The second-order valence-corrected chi connectivity index (χ2v) is 10.6. The molecule has 0 bridgehead atoms. The zero-order valence-electron chi connectivity index (χ0n) is 27.4. The molecule has 19 nitrogen and oxygen atoms in total. The minimum absolute atomic E-state index is 0.0354. The third-order valence-electron chi connectivity index (χ3n) is 6.22. The monoisotopic (exact) mass is 655 g/mol. The lowest BCUT2D eigenvalue weighted by molar-refractivity contribution is -0.143. The van der Waals surface area contributed by atoms with Gasteiger partial charge in [-0.2, -0.15) is 0 Å². The van der Waals surface area contributed by atoms with E-state index in [9.17, 15) is 43.2 Å². The largest absolute Gasteiger partial charge is 0.480 e. The van der Waals surface area contributed by atoms with Crippen molar-refractivity contribution in [3.63, 3.8) is 0 Å².